The molecule has 0 saturated heterocycles. The van der Waals surface area contributed by atoms with Crippen molar-refractivity contribution in [2.24, 2.45) is 0 Å². The number of hydrogen-bond donors (Lipinski definition) is 0. The van der Waals surface area contributed by atoms with E-state index in [4.69, 9.17) is 0 Å². The van der Waals surface area contributed by atoms with Crippen molar-refractivity contribution >= 4 is 64.1 Å². The van der Waals surface area contributed by atoms with E-state index < -0.39 is 0 Å². The lowest BCUT2D eigenvalue weighted by Gasteiger charge is -2.23. The molecule has 0 saturated carbocycles. The van der Waals surface area contributed by atoms with E-state index in [0.717, 1.165) is 0 Å². The molecule has 2 aliphatic carbocycles. The van der Waals surface area contributed by atoms with Crippen LogP contribution in [-0.2, 0) is 5.41 Å². The van der Waals surface area contributed by atoms with Crippen LogP contribution in [0.15, 0.2) is 127 Å². The molecular weight excluding hydrogens is 563 g/mol. The molecule has 2 aliphatic rings. The van der Waals surface area contributed by atoms with Crippen molar-refractivity contribution in [1.82, 2.24) is 4.57 Å². The smallest absolute Gasteiger partial charge is 0.0637 e. The van der Waals surface area contributed by atoms with Crippen molar-refractivity contribution in [3.8, 4) is 39.1 Å². The summed E-state index contributed by atoms with van der Waals surface area (Å²) in [6.45, 7) is 4.86. The average molecular weight is 590 g/mol. The van der Waals surface area contributed by atoms with Gasteiger partial charge in [0.05, 0.1) is 16.7 Å². The predicted molar refractivity (Wildman–Crippen MR) is 193 cm³/mol. The number of fused-ring (bicyclic) bond motifs is 15. The molecule has 0 bridgehead atoms. The maximum Gasteiger partial charge on any atom is 0.0637 e. The second-order valence-corrected chi connectivity index (χ2v) is 14.3. The highest BCUT2D eigenvalue weighted by Gasteiger charge is 2.41. The monoisotopic (exact) mass is 589 g/mol. The van der Waals surface area contributed by atoms with Crippen molar-refractivity contribution in [3.63, 3.8) is 0 Å². The molecule has 0 atom stereocenters. The van der Waals surface area contributed by atoms with E-state index in [1.54, 1.807) is 0 Å². The molecule has 45 heavy (non-hydrogen) atoms. The topological polar surface area (TPSA) is 4.93 Å². The van der Waals surface area contributed by atoms with Gasteiger partial charge in [0.15, 0.2) is 0 Å². The molecule has 7 aromatic carbocycles. The number of benzene rings is 7. The Balaban J connectivity index is 1.41. The predicted octanol–water partition coefficient (Wildman–Crippen LogP) is 12.3. The third kappa shape index (κ3) is 2.77. The Morgan fingerprint density at radius 3 is 2.00 bits per heavy atom. The summed E-state index contributed by atoms with van der Waals surface area (Å²) in [5.74, 6) is 0. The van der Waals surface area contributed by atoms with E-state index >= 15 is 0 Å². The van der Waals surface area contributed by atoms with Crippen LogP contribution >= 0.6 is 11.3 Å². The van der Waals surface area contributed by atoms with E-state index in [1.807, 2.05) is 11.3 Å². The van der Waals surface area contributed by atoms with Gasteiger partial charge in [-0.1, -0.05) is 123 Å². The van der Waals surface area contributed by atoms with Crippen molar-refractivity contribution < 1.29 is 0 Å². The van der Waals surface area contributed by atoms with Crippen LogP contribution in [0.25, 0.3) is 91.8 Å². The Bertz CT molecular complexity index is 2760. The standard InChI is InChI=1S/C43H27NS/c1-43(2)32-19-8-5-14-28(32)37-40(43)38-31-16-7-10-21-35(31)45-42(38)39-30-15-6-9-20-33(30)44(41(37)39)34-23-22-27-25-13-4-3-12-24(25)26-17-11-18-29(34)36(26)27/h3-23H,1-2H3. The SMILES string of the molecule is CC1(C)c2ccccc2-c2c1c1c3ccccc3sc1c1c3ccccc3n(-c3ccc4c5c(cccc35)-c3ccccc3-4)c21. The van der Waals surface area contributed by atoms with Crippen molar-refractivity contribution in [2.45, 2.75) is 19.3 Å². The van der Waals surface area contributed by atoms with Crippen LogP contribution in [0.4, 0.5) is 0 Å². The molecule has 0 fully saturated rings. The summed E-state index contributed by atoms with van der Waals surface area (Å²) in [5.41, 5.74) is 14.7. The summed E-state index contributed by atoms with van der Waals surface area (Å²) in [6.07, 6.45) is 0. The third-order valence-electron chi connectivity index (χ3n) is 10.7. The quantitative estimate of drug-likeness (QED) is 0.179. The van der Waals surface area contributed by atoms with Gasteiger partial charge >= 0.3 is 0 Å². The molecule has 0 spiro atoms. The summed E-state index contributed by atoms with van der Waals surface area (Å²) in [7, 11) is 0. The molecule has 0 aliphatic heterocycles. The highest BCUT2D eigenvalue weighted by atomic mass is 32.1. The molecule has 2 heterocycles. The first kappa shape index (κ1) is 24.2. The lowest BCUT2D eigenvalue weighted by Crippen LogP contribution is -2.15. The van der Waals surface area contributed by atoms with E-state index in [0.29, 0.717) is 0 Å². The van der Waals surface area contributed by atoms with Gasteiger partial charge in [0.25, 0.3) is 0 Å². The summed E-state index contributed by atoms with van der Waals surface area (Å²) in [5, 5.41) is 8.16. The molecule has 2 heteroatoms. The summed E-state index contributed by atoms with van der Waals surface area (Å²) >= 11 is 1.96. The second kappa shape index (κ2) is 8.10. The van der Waals surface area contributed by atoms with Gasteiger partial charge in [-0.25, -0.2) is 0 Å². The zero-order valence-electron chi connectivity index (χ0n) is 25.0. The molecule has 0 N–H and O–H groups in total. The van der Waals surface area contributed by atoms with Crippen LogP contribution in [0.3, 0.4) is 0 Å². The molecule has 0 radical (unpaired) electrons. The maximum atomic E-state index is 2.61. The molecule has 0 unspecified atom stereocenters. The largest absolute Gasteiger partial charge is 0.308 e. The van der Waals surface area contributed by atoms with E-state index in [-0.39, 0.29) is 5.41 Å². The van der Waals surface area contributed by atoms with Crippen molar-refractivity contribution in [1.29, 1.82) is 0 Å². The fourth-order valence-electron chi connectivity index (χ4n) is 8.93. The Morgan fingerprint density at radius 2 is 1.16 bits per heavy atom. The Kier molecular flexibility index (Phi) is 4.35. The van der Waals surface area contributed by atoms with Crippen LogP contribution < -0.4 is 0 Å². The summed E-state index contributed by atoms with van der Waals surface area (Å²) in [6, 6.07) is 47.7. The maximum absolute atomic E-state index is 2.61. The number of hydrogen-bond acceptors (Lipinski definition) is 1. The average Bonchev–Trinajstić information content (AvgIpc) is 3.78. The van der Waals surface area contributed by atoms with Crippen LogP contribution in [0.1, 0.15) is 25.0 Å². The minimum Gasteiger partial charge on any atom is -0.308 e. The van der Waals surface area contributed by atoms with E-state index in [2.05, 4.69) is 146 Å². The van der Waals surface area contributed by atoms with Crippen LogP contribution in [0.2, 0.25) is 0 Å². The van der Waals surface area contributed by atoms with Gasteiger partial charge in [-0.15, -0.1) is 11.3 Å². The number of para-hydroxylation sites is 1. The van der Waals surface area contributed by atoms with E-state index in [9.17, 15) is 0 Å². The molecular formula is C43H27NS. The van der Waals surface area contributed by atoms with Crippen molar-refractivity contribution in [3.05, 3.63) is 139 Å². The minimum absolute atomic E-state index is 0.132. The lowest BCUT2D eigenvalue weighted by atomic mass is 9.80. The van der Waals surface area contributed by atoms with Gasteiger partial charge in [-0.05, 0) is 62.5 Å². The Morgan fingerprint density at radius 1 is 0.511 bits per heavy atom. The molecule has 11 rings (SSSR count). The lowest BCUT2D eigenvalue weighted by molar-refractivity contribution is 0.667. The molecule has 210 valence electrons. The van der Waals surface area contributed by atoms with E-state index in [1.165, 1.54) is 103 Å². The van der Waals surface area contributed by atoms with Gasteiger partial charge in [0, 0.05) is 47.3 Å². The fourth-order valence-corrected chi connectivity index (χ4v) is 10.2. The van der Waals surface area contributed by atoms with Gasteiger partial charge < -0.3 is 4.57 Å². The molecule has 9 aromatic rings. The fraction of sp³-hybridized carbons (Fsp3) is 0.0698. The number of rotatable bonds is 1. The van der Waals surface area contributed by atoms with Crippen LogP contribution in [-0.4, -0.2) is 4.57 Å². The molecule has 0 amide bonds. The van der Waals surface area contributed by atoms with Crippen molar-refractivity contribution in [2.75, 3.05) is 0 Å². The van der Waals surface area contributed by atoms with Gasteiger partial charge in [-0.3, -0.25) is 0 Å². The molecule has 1 nitrogen and oxygen atoms in total. The first-order valence-electron chi connectivity index (χ1n) is 15.8. The number of nitrogens with zero attached hydrogens (tertiary/aromatic N) is 1. The highest BCUT2D eigenvalue weighted by molar-refractivity contribution is 7.26. The Labute approximate surface area is 264 Å². The second-order valence-electron chi connectivity index (χ2n) is 13.2. The first-order valence-corrected chi connectivity index (χ1v) is 16.6. The summed E-state index contributed by atoms with van der Waals surface area (Å²) in [4.78, 5) is 0. The zero-order chi connectivity index (χ0) is 29.6. The van der Waals surface area contributed by atoms with Crippen LogP contribution in [0.5, 0.6) is 0 Å². The third-order valence-corrected chi connectivity index (χ3v) is 11.9. The number of aromatic nitrogens is 1. The van der Waals surface area contributed by atoms with Gasteiger partial charge in [0.1, 0.15) is 0 Å². The normalized spacial score (nSPS) is 14.2. The molecule has 2 aromatic heterocycles. The zero-order valence-corrected chi connectivity index (χ0v) is 25.8. The Hall–Kier alpha value is -5.18. The van der Waals surface area contributed by atoms with Crippen LogP contribution in [0, 0.1) is 0 Å². The highest BCUT2D eigenvalue weighted by Crippen LogP contribution is 2.59. The van der Waals surface area contributed by atoms with Gasteiger partial charge in [0.2, 0.25) is 0 Å². The minimum atomic E-state index is -0.132. The van der Waals surface area contributed by atoms with Gasteiger partial charge in [-0.2, -0.15) is 0 Å². The summed E-state index contributed by atoms with van der Waals surface area (Å²) < 4.78 is 5.37. The number of thiophene rings is 1. The first-order chi connectivity index (χ1) is 22.1.